The molecule has 0 aliphatic carbocycles. The van der Waals surface area contributed by atoms with E-state index in [4.69, 9.17) is 18.8 Å². The molecule has 0 unspecified atom stereocenters. The first-order chi connectivity index (χ1) is 30.2. The molecule has 0 bridgehead atoms. The van der Waals surface area contributed by atoms with E-state index in [2.05, 4.69) is 181 Å². The summed E-state index contributed by atoms with van der Waals surface area (Å²) < 4.78 is 23.4. The third kappa shape index (κ3) is 5.30. The first kappa shape index (κ1) is 35.1. The minimum absolute atomic E-state index is 0.377. The van der Waals surface area contributed by atoms with Crippen LogP contribution in [0.15, 0.2) is 198 Å². The smallest absolute Gasteiger partial charge is 0.227 e. The monoisotopic (exact) mass is 809 g/mol. The molecule has 12 rings (SSSR count). The number of rotatable bonds is 9. The van der Waals surface area contributed by atoms with Gasteiger partial charge >= 0.3 is 0 Å². The van der Waals surface area contributed by atoms with E-state index in [1.807, 2.05) is 24.3 Å². The van der Waals surface area contributed by atoms with Gasteiger partial charge in [-0.2, -0.15) is 9.97 Å². The maximum atomic E-state index is 7.31. The van der Waals surface area contributed by atoms with Crippen LogP contribution in [-0.4, -0.2) is 42.3 Å². The van der Waals surface area contributed by atoms with Crippen molar-refractivity contribution >= 4 is 56.7 Å². The Balaban J connectivity index is 1.17. The molecular formula is C50H35N7O3Si. The molecule has 1 aliphatic rings. The lowest BCUT2D eigenvalue weighted by Crippen LogP contribution is -2.75. The highest BCUT2D eigenvalue weighted by atomic mass is 28.3. The van der Waals surface area contributed by atoms with E-state index in [9.17, 15) is 0 Å². The molecule has 11 heteroatoms. The maximum absolute atomic E-state index is 7.31. The van der Waals surface area contributed by atoms with Crippen LogP contribution in [0.2, 0.25) is 0 Å². The number of aromatic nitrogens is 7. The zero-order valence-corrected chi connectivity index (χ0v) is 33.7. The van der Waals surface area contributed by atoms with Crippen LogP contribution in [0.3, 0.4) is 0 Å². The van der Waals surface area contributed by atoms with Gasteiger partial charge in [-0.15, -0.1) is 0 Å². The number of ether oxygens (including phenoxy) is 1. The lowest BCUT2D eigenvalue weighted by atomic mass is 9.68. The van der Waals surface area contributed by atoms with E-state index >= 15 is 0 Å². The summed E-state index contributed by atoms with van der Waals surface area (Å²) in [6, 6.07) is 62.5. The van der Waals surface area contributed by atoms with Crippen LogP contribution >= 0.6 is 0 Å². The van der Waals surface area contributed by atoms with Crippen molar-refractivity contribution in [2.45, 2.75) is 18.3 Å². The molecule has 0 saturated carbocycles. The van der Waals surface area contributed by atoms with Gasteiger partial charge in [0.2, 0.25) is 17.6 Å². The zero-order chi connectivity index (χ0) is 40.4. The third-order valence-corrected chi connectivity index (χ3v) is 17.1. The fraction of sp³-hybridized carbons (Fsp3) is 0.0600. The quantitative estimate of drug-likeness (QED) is 0.109. The molecule has 7 aromatic carbocycles. The summed E-state index contributed by atoms with van der Waals surface area (Å²) in [5.74, 6) is 3.37. The fourth-order valence-corrected chi connectivity index (χ4v) is 14.8. The highest BCUT2D eigenvalue weighted by Crippen LogP contribution is 2.51. The summed E-state index contributed by atoms with van der Waals surface area (Å²) in [6.07, 6.45) is 3.65. The summed E-state index contributed by atoms with van der Waals surface area (Å²) >= 11 is 0. The van der Waals surface area contributed by atoms with Crippen LogP contribution in [-0.2, 0) is 18.3 Å². The maximum Gasteiger partial charge on any atom is 0.227 e. The second kappa shape index (κ2) is 13.9. The average molecular weight is 810 g/mol. The SMILES string of the molecule is c1ccc([Si](c2ccccc2)(c2cccc(-n3c4ccccc4n4c5ccccc5nc34)c2)c2cccc3c2Oc2ccccc2C3(Cc2ncno2)Cc2ncno2)cc1. The molecule has 292 valence electrons. The number of imidazole rings is 2. The highest BCUT2D eigenvalue weighted by molar-refractivity contribution is 7.20. The van der Waals surface area contributed by atoms with Crippen LogP contribution in [0.4, 0.5) is 0 Å². The van der Waals surface area contributed by atoms with Crippen molar-refractivity contribution in [3.8, 4) is 17.2 Å². The van der Waals surface area contributed by atoms with Crippen molar-refractivity contribution < 1.29 is 13.8 Å². The predicted molar refractivity (Wildman–Crippen MR) is 236 cm³/mol. The lowest BCUT2D eigenvalue weighted by molar-refractivity contribution is 0.299. The Morgan fingerprint density at radius 2 is 1.11 bits per heavy atom. The molecule has 5 heterocycles. The Hall–Kier alpha value is -7.89. The van der Waals surface area contributed by atoms with Crippen molar-refractivity contribution in [2.24, 2.45) is 0 Å². The normalized spacial score (nSPS) is 13.3. The number of benzene rings is 7. The molecule has 1 aliphatic heterocycles. The number of hydrogen-bond donors (Lipinski definition) is 0. The third-order valence-electron chi connectivity index (χ3n) is 12.3. The first-order valence-corrected chi connectivity index (χ1v) is 22.2. The topological polar surface area (TPSA) is 109 Å². The highest BCUT2D eigenvalue weighted by Gasteiger charge is 2.50. The van der Waals surface area contributed by atoms with Gasteiger partial charge in [0.15, 0.2) is 20.7 Å². The van der Waals surface area contributed by atoms with E-state index in [0.29, 0.717) is 24.6 Å². The van der Waals surface area contributed by atoms with Gasteiger partial charge in [0.1, 0.15) is 11.5 Å². The standard InChI is InChI=1S/C50H35N7O3Si/c1-3-16-35(17-4-1)61(36-18-5-2-6-19-36,37-20-13-15-34(29-37)56-42-25-10-11-26-43(42)57-41-24-9-8-23-40(41)55-49(56)57)45-28-14-22-39-48(45)58-44-27-12-7-21-38(44)50(39,30-46-51-32-53-59-46)31-47-52-33-54-60-47/h1-29,32-33H,30-31H2. The Bertz CT molecular complexity index is 3290. The summed E-state index contributed by atoms with van der Waals surface area (Å²) in [5, 5.41) is 12.7. The van der Waals surface area contributed by atoms with Gasteiger partial charge in [-0.25, -0.2) is 4.98 Å². The molecule has 0 fully saturated rings. The Morgan fingerprint density at radius 1 is 0.525 bits per heavy atom. The number of fused-ring (bicyclic) bond motifs is 7. The summed E-state index contributed by atoms with van der Waals surface area (Å²) in [4.78, 5) is 14.3. The lowest BCUT2D eigenvalue weighted by Gasteiger charge is -2.42. The van der Waals surface area contributed by atoms with Crippen molar-refractivity contribution in [1.82, 2.24) is 34.2 Å². The number of para-hydroxylation sites is 6. The summed E-state index contributed by atoms with van der Waals surface area (Å²) in [7, 11) is -3.30. The van der Waals surface area contributed by atoms with Crippen molar-refractivity contribution in [1.29, 1.82) is 0 Å². The van der Waals surface area contributed by atoms with Gasteiger partial charge < -0.3 is 13.8 Å². The van der Waals surface area contributed by atoms with Gasteiger partial charge in [-0.1, -0.05) is 144 Å². The van der Waals surface area contributed by atoms with Crippen LogP contribution < -0.4 is 25.5 Å². The molecule has 0 radical (unpaired) electrons. The summed E-state index contributed by atoms with van der Waals surface area (Å²) in [6.45, 7) is 0. The summed E-state index contributed by atoms with van der Waals surface area (Å²) in [5.41, 5.74) is 6.36. The first-order valence-electron chi connectivity index (χ1n) is 20.2. The predicted octanol–water partition coefficient (Wildman–Crippen LogP) is 7.45. The van der Waals surface area contributed by atoms with E-state index in [0.717, 1.165) is 61.3 Å². The number of nitrogens with zero attached hydrogens (tertiary/aromatic N) is 7. The molecular weight excluding hydrogens is 775 g/mol. The average Bonchev–Trinajstić information content (AvgIpc) is 4.15. The zero-order valence-electron chi connectivity index (χ0n) is 32.7. The van der Waals surface area contributed by atoms with Crippen LogP contribution in [0.25, 0.3) is 33.5 Å². The Labute approximate surface area is 350 Å². The molecule has 10 nitrogen and oxygen atoms in total. The van der Waals surface area contributed by atoms with Gasteiger partial charge in [0, 0.05) is 35.1 Å². The van der Waals surface area contributed by atoms with Crippen molar-refractivity contribution in [3.63, 3.8) is 0 Å². The molecule has 0 spiro atoms. The van der Waals surface area contributed by atoms with Crippen LogP contribution in [0.1, 0.15) is 22.9 Å². The molecule has 4 aromatic heterocycles. The molecule has 0 atom stereocenters. The van der Waals surface area contributed by atoms with E-state index in [1.54, 1.807) is 0 Å². The van der Waals surface area contributed by atoms with Gasteiger partial charge in [-0.3, -0.25) is 8.97 Å². The fourth-order valence-electron chi connectivity index (χ4n) is 9.86. The van der Waals surface area contributed by atoms with Crippen molar-refractivity contribution in [2.75, 3.05) is 0 Å². The molecule has 0 N–H and O–H groups in total. The minimum Gasteiger partial charge on any atom is -0.457 e. The number of hydrogen-bond acceptors (Lipinski definition) is 8. The Kier molecular flexibility index (Phi) is 7.97. The van der Waals surface area contributed by atoms with Crippen LogP contribution in [0.5, 0.6) is 11.5 Å². The molecule has 0 amide bonds. The molecule has 61 heavy (non-hydrogen) atoms. The van der Waals surface area contributed by atoms with Gasteiger partial charge in [0.05, 0.1) is 22.1 Å². The second-order valence-corrected chi connectivity index (χ2v) is 19.2. The molecule has 0 saturated heterocycles. The minimum atomic E-state index is -3.30. The van der Waals surface area contributed by atoms with Gasteiger partial charge in [-0.05, 0) is 63.2 Å². The van der Waals surface area contributed by atoms with E-state index in [1.165, 1.54) is 28.2 Å². The Morgan fingerprint density at radius 3 is 1.82 bits per heavy atom. The van der Waals surface area contributed by atoms with Crippen molar-refractivity contribution in [3.05, 3.63) is 211 Å². The van der Waals surface area contributed by atoms with Gasteiger partial charge in [0.25, 0.3) is 0 Å². The molecule has 11 aromatic rings. The van der Waals surface area contributed by atoms with Crippen LogP contribution in [0, 0.1) is 0 Å². The van der Waals surface area contributed by atoms with E-state index in [-0.39, 0.29) is 0 Å². The van der Waals surface area contributed by atoms with E-state index < -0.39 is 13.5 Å². The largest absolute Gasteiger partial charge is 0.457 e. The second-order valence-electron chi connectivity index (χ2n) is 15.5.